The molecule has 3 heteroatoms. The van der Waals surface area contributed by atoms with Crippen molar-refractivity contribution >= 4 is 30.1 Å². The zero-order valence-corrected chi connectivity index (χ0v) is 7.29. The summed E-state index contributed by atoms with van der Waals surface area (Å²) < 4.78 is 4.83. The highest BCUT2D eigenvalue weighted by Gasteiger charge is 1.81. The maximum atomic E-state index is 4.83. The van der Waals surface area contributed by atoms with Gasteiger partial charge in [-0.05, 0) is 27.6 Å². The molecule has 44 valence electrons. The predicted octanol–water partition coefficient (Wildman–Crippen LogP) is 2.11. The Hall–Kier alpha value is 1.04. The zero-order valence-electron chi connectivity index (χ0n) is 4.32. The van der Waals surface area contributed by atoms with Crippen molar-refractivity contribution in [3.63, 3.8) is 0 Å². The summed E-state index contributed by atoms with van der Waals surface area (Å²) in [6.07, 6.45) is 1.17. The Labute approximate surface area is 60.8 Å². The highest BCUT2D eigenvalue weighted by atomic mass is 127. The Kier molecular flexibility index (Phi) is 8.09. The van der Waals surface area contributed by atoms with Crippen LogP contribution in [0.5, 0.6) is 0 Å². The average Bonchev–Trinajstić information content (AvgIpc) is 1.69. The van der Waals surface area contributed by atoms with Gasteiger partial charge >= 0.3 is 0 Å². The van der Waals surface area contributed by atoms with E-state index in [0.29, 0.717) is 0 Å². The van der Waals surface area contributed by atoms with Crippen LogP contribution < -0.4 is 0 Å². The average molecular weight is 232 g/mol. The quantitative estimate of drug-likeness (QED) is 0.542. The van der Waals surface area contributed by atoms with E-state index >= 15 is 0 Å². The van der Waals surface area contributed by atoms with Gasteiger partial charge in [0.15, 0.2) is 0 Å². The van der Waals surface area contributed by atoms with Gasteiger partial charge in [0.05, 0.1) is 0 Å². The maximum absolute atomic E-state index is 4.83. The van der Waals surface area contributed by atoms with Crippen LogP contribution in [0.3, 0.4) is 0 Å². The van der Waals surface area contributed by atoms with E-state index in [1.165, 1.54) is 12.2 Å². The Bertz CT molecular complexity index is 30.9. The Balaban J connectivity index is 2.45. The molecule has 0 aromatic carbocycles. The maximum Gasteiger partial charge on any atom is 0.0470 e. The highest BCUT2D eigenvalue weighted by molar-refractivity contribution is 14.2. The zero-order chi connectivity index (χ0) is 5.54. The molecular formula is C4H9IOS. The lowest BCUT2D eigenvalue weighted by atomic mass is 10.5. The molecule has 0 fully saturated rings. The molecule has 0 atom stereocenters. The summed E-state index contributed by atoms with van der Waals surface area (Å²) in [5.41, 5.74) is 0. The van der Waals surface area contributed by atoms with E-state index in [2.05, 4.69) is 21.2 Å². The molecule has 0 aromatic rings. The lowest BCUT2D eigenvalue weighted by Crippen LogP contribution is -1.87. The summed E-state index contributed by atoms with van der Waals surface area (Å²) in [6.45, 7) is 0.899. The van der Waals surface area contributed by atoms with E-state index in [1.807, 2.05) is 8.93 Å². The van der Waals surface area contributed by atoms with Crippen molar-refractivity contribution in [2.24, 2.45) is 0 Å². The summed E-state index contributed by atoms with van der Waals surface area (Å²) in [5, 5.41) is 0. The van der Waals surface area contributed by atoms with Gasteiger partial charge in [0.2, 0.25) is 0 Å². The summed E-state index contributed by atoms with van der Waals surface area (Å²) >= 11 is 2.29. The van der Waals surface area contributed by atoms with Crippen LogP contribution in [-0.4, -0.2) is 19.5 Å². The number of hydrogen-bond donors (Lipinski definition) is 0. The second-order valence-electron chi connectivity index (χ2n) is 1.16. The van der Waals surface area contributed by atoms with Crippen molar-refractivity contribution < 1.29 is 4.74 Å². The van der Waals surface area contributed by atoms with Crippen molar-refractivity contribution in [1.82, 2.24) is 0 Å². The summed E-state index contributed by atoms with van der Waals surface area (Å²) in [5.74, 6) is 1.20. The van der Waals surface area contributed by atoms with Gasteiger partial charge in [-0.1, -0.05) is 8.93 Å². The molecule has 0 unspecified atom stereocenters. The number of halogens is 1. The molecule has 0 heterocycles. The Morgan fingerprint density at radius 3 is 2.86 bits per heavy atom. The van der Waals surface area contributed by atoms with Crippen LogP contribution in [0.1, 0.15) is 6.42 Å². The van der Waals surface area contributed by atoms with Crippen LogP contribution in [0, 0.1) is 0 Å². The predicted molar refractivity (Wildman–Crippen MR) is 43.0 cm³/mol. The second-order valence-corrected chi connectivity index (χ2v) is 3.65. The van der Waals surface area contributed by atoms with Crippen molar-refractivity contribution in [2.75, 3.05) is 19.5 Å². The van der Waals surface area contributed by atoms with Crippen LogP contribution in [0.15, 0.2) is 0 Å². The lowest BCUT2D eigenvalue weighted by Gasteiger charge is -1.91. The van der Waals surface area contributed by atoms with Gasteiger partial charge in [-0.15, -0.1) is 0 Å². The SMILES string of the molecule is COCCCSI. The molecule has 0 bridgehead atoms. The standard InChI is InChI=1S/C4H9IOS/c1-6-3-2-4-7-5/h2-4H2,1H3. The summed E-state index contributed by atoms with van der Waals surface area (Å²) in [4.78, 5) is 0. The van der Waals surface area contributed by atoms with E-state index in [4.69, 9.17) is 4.74 Å². The van der Waals surface area contributed by atoms with Crippen LogP contribution in [0.25, 0.3) is 0 Å². The number of hydrogen-bond acceptors (Lipinski definition) is 2. The van der Waals surface area contributed by atoms with Gasteiger partial charge in [-0.2, -0.15) is 0 Å². The number of rotatable bonds is 4. The first-order chi connectivity index (χ1) is 3.41. The molecule has 7 heavy (non-hydrogen) atoms. The van der Waals surface area contributed by atoms with Crippen LogP contribution >= 0.6 is 30.1 Å². The summed E-state index contributed by atoms with van der Waals surface area (Å²) in [7, 11) is 3.57. The van der Waals surface area contributed by atoms with Gasteiger partial charge in [-0.25, -0.2) is 0 Å². The molecule has 0 N–H and O–H groups in total. The monoisotopic (exact) mass is 232 g/mol. The first-order valence-corrected chi connectivity index (χ1v) is 5.67. The number of methoxy groups -OCH3 is 1. The fourth-order valence-electron chi connectivity index (χ4n) is 0.258. The van der Waals surface area contributed by atoms with Gasteiger partial charge in [-0.3, -0.25) is 0 Å². The fourth-order valence-corrected chi connectivity index (χ4v) is 1.42. The third-order valence-electron chi connectivity index (χ3n) is 0.570. The van der Waals surface area contributed by atoms with Crippen molar-refractivity contribution in [3.8, 4) is 0 Å². The number of ether oxygens (including phenoxy) is 1. The molecule has 0 rings (SSSR count). The normalized spacial score (nSPS) is 9.43. The first-order valence-electron chi connectivity index (χ1n) is 2.14. The molecular weight excluding hydrogens is 223 g/mol. The minimum absolute atomic E-state index is 0.899. The van der Waals surface area contributed by atoms with E-state index in [9.17, 15) is 0 Å². The molecule has 0 amide bonds. The highest BCUT2D eigenvalue weighted by Crippen LogP contribution is 2.10. The van der Waals surface area contributed by atoms with Crippen molar-refractivity contribution in [2.45, 2.75) is 6.42 Å². The molecule has 0 aromatic heterocycles. The van der Waals surface area contributed by atoms with Crippen LogP contribution in [0.2, 0.25) is 0 Å². The first kappa shape index (κ1) is 8.04. The van der Waals surface area contributed by atoms with Crippen molar-refractivity contribution in [1.29, 1.82) is 0 Å². The summed E-state index contributed by atoms with van der Waals surface area (Å²) in [6, 6.07) is 0. The van der Waals surface area contributed by atoms with Gasteiger partial charge in [0, 0.05) is 19.5 Å². The largest absolute Gasteiger partial charge is 0.385 e. The van der Waals surface area contributed by atoms with Crippen LogP contribution in [-0.2, 0) is 4.74 Å². The van der Waals surface area contributed by atoms with E-state index in [-0.39, 0.29) is 0 Å². The Morgan fingerprint density at radius 2 is 2.43 bits per heavy atom. The van der Waals surface area contributed by atoms with E-state index in [1.54, 1.807) is 7.11 Å². The van der Waals surface area contributed by atoms with Crippen molar-refractivity contribution in [3.05, 3.63) is 0 Å². The minimum atomic E-state index is 0.899. The Morgan fingerprint density at radius 1 is 1.71 bits per heavy atom. The molecule has 0 aliphatic rings. The molecule has 0 aliphatic carbocycles. The third kappa shape index (κ3) is 7.04. The molecule has 1 nitrogen and oxygen atoms in total. The van der Waals surface area contributed by atoms with Gasteiger partial charge in [0.25, 0.3) is 0 Å². The molecule has 0 saturated carbocycles. The smallest absolute Gasteiger partial charge is 0.0470 e. The molecule has 0 radical (unpaired) electrons. The topological polar surface area (TPSA) is 9.23 Å². The minimum Gasteiger partial charge on any atom is -0.385 e. The molecule has 0 spiro atoms. The van der Waals surface area contributed by atoms with Gasteiger partial charge < -0.3 is 4.74 Å². The second kappa shape index (κ2) is 7.04. The van der Waals surface area contributed by atoms with Gasteiger partial charge in [0.1, 0.15) is 0 Å². The lowest BCUT2D eigenvalue weighted by molar-refractivity contribution is 0.200. The fraction of sp³-hybridized carbons (Fsp3) is 1.00. The molecule has 0 aliphatic heterocycles. The third-order valence-corrected chi connectivity index (χ3v) is 2.33. The van der Waals surface area contributed by atoms with E-state index in [0.717, 1.165) is 6.61 Å². The van der Waals surface area contributed by atoms with Crippen LogP contribution in [0.4, 0.5) is 0 Å². The molecule has 0 saturated heterocycles. The van der Waals surface area contributed by atoms with E-state index < -0.39 is 0 Å².